The van der Waals surface area contributed by atoms with Gasteiger partial charge in [-0.15, -0.1) is 11.3 Å². The summed E-state index contributed by atoms with van der Waals surface area (Å²) in [5.74, 6) is 0.383. The van der Waals surface area contributed by atoms with Crippen molar-refractivity contribution in [2.75, 3.05) is 18.4 Å². The van der Waals surface area contributed by atoms with Crippen molar-refractivity contribution in [1.82, 2.24) is 19.7 Å². The second kappa shape index (κ2) is 8.55. The lowest BCUT2D eigenvalue weighted by molar-refractivity contribution is 0.101. The third-order valence-corrected chi connectivity index (χ3v) is 5.24. The number of carbonyl (C=O) groups excluding carboxylic acids is 1. The Labute approximate surface area is 157 Å². The molecule has 1 aliphatic heterocycles. The largest absolute Gasteiger partial charge is 0.297 e. The van der Waals surface area contributed by atoms with E-state index in [2.05, 4.69) is 27.2 Å². The molecule has 1 saturated heterocycles. The molecule has 3 rings (SSSR count). The van der Waals surface area contributed by atoms with Crippen LogP contribution in [0.1, 0.15) is 49.3 Å². The van der Waals surface area contributed by atoms with Gasteiger partial charge in [0.1, 0.15) is 5.69 Å². The molecule has 2 aromatic rings. The number of carbonyl (C=O) groups is 1. The molecule has 0 radical (unpaired) electrons. The average molecular weight is 375 g/mol. The van der Waals surface area contributed by atoms with E-state index in [1.54, 1.807) is 0 Å². The Hall–Kier alpha value is -2.06. The first-order valence-electron chi connectivity index (χ1n) is 9.11. The molecule has 1 fully saturated rings. The maximum atomic E-state index is 12.4. The predicted molar refractivity (Wildman–Crippen MR) is 103 cm³/mol. The van der Waals surface area contributed by atoms with Gasteiger partial charge in [-0.05, 0) is 37.8 Å². The van der Waals surface area contributed by atoms with Crippen LogP contribution >= 0.6 is 11.3 Å². The fraction of sp³-hybridized carbons (Fsp3) is 0.556. The fourth-order valence-corrected chi connectivity index (χ4v) is 3.90. The van der Waals surface area contributed by atoms with Crippen molar-refractivity contribution in [3.63, 3.8) is 0 Å². The summed E-state index contributed by atoms with van der Waals surface area (Å²) in [6.45, 7) is 7.76. The van der Waals surface area contributed by atoms with Gasteiger partial charge in [0.15, 0.2) is 5.13 Å². The molecule has 8 heteroatoms. The van der Waals surface area contributed by atoms with Crippen LogP contribution < -0.4 is 10.9 Å². The lowest BCUT2D eigenvalue weighted by Gasteiger charge is -2.30. The number of nitrogens with zero attached hydrogens (tertiary/aromatic N) is 4. The molecule has 26 heavy (non-hydrogen) atoms. The minimum Gasteiger partial charge on any atom is -0.297 e. The number of rotatable bonds is 6. The number of aromatic nitrogens is 3. The molecule has 1 unspecified atom stereocenters. The summed E-state index contributed by atoms with van der Waals surface area (Å²) in [5.41, 5.74) is 0.999. The molecule has 7 nitrogen and oxygen atoms in total. The molecular weight excluding hydrogens is 350 g/mol. The highest BCUT2D eigenvalue weighted by atomic mass is 32.1. The van der Waals surface area contributed by atoms with Crippen LogP contribution in [-0.2, 0) is 13.1 Å². The van der Waals surface area contributed by atoms with E-state index >= 15 is 0 Å². The smallest absolute Gasteiger partial charge is 0.277 e. The molecule has 1 amide bonds. The van der Waals surface area contributed by atoms with Gasteiger partial charge in [-0.25, -0.2) is 9.67 Å². The number of aryl methyl sites for hydroxylation is 1. The summed E-state index contributed by atoms with van der Waals surface area (Å²) >= 11 is 1.41. The summed E-state index contributed by atoms with van der Waals surface area (Å²) in [4.78, 5) is 31.0. The summed E-state index contributed by atoms with van der Waals surface area (Å²) in [6, 6.07) is 2.83. The third kappa shape index (κ3) is 4.76. The van der Waals surface area contributed by atoms with Crippen LogP contribution in [0.2, 0.25) is 0 Å². The van der Waals surface area contributed by atoms with E-state index < -0.39 is 0 Å². The minimum atomic E-state index is -0.345. The Kier molecular flexibility index (Phi) is 6.16. The van der Waals surface area contributed by atoms with Gasteiger partial charge in [-0.1, -0.05) is 13.8 Å². The molecule has 1 aliphatic rings. The van der Waals surface area contributed by atoms with E-state index in [-0.39, 0.29) is 17.2 Å². The molecular formula is C18H25N5O2S. The first-order valence-corrected chi connectivity index (χ1v) is 9.99. The molecule has 140 valence electrons. The van der Waals surface area contributed by atoms with Crippen molar-refractivity contribution < 1.29 is 4.79 Å². The second-order valence-electron chi connectivity index (χ2n) is 6.86. The zero-order valence-corrected chi connectivity index (χ0v) is 16.1. The van der Waals surface area contributed by atoms with Crippen LogP contribution in [0.5, 0.6) is 0 Å². The van der Waals surface area contributed by atoms with Crippen molar-refractivity contribution >= 4 is 22.4 Å². The van der Waals surface area contributed by atoms with Crippen molar-refractivity contribution in [1.29, 1.82) is 0 Å². The van der Waals surface area contributed by atoms with Gasteiger partial charge in [0.05, 0.1) is 5.69 Å². The normalized spacial score (nSPS) is 18.0. The molecule has 0 aromatic carbocycles. The number of hydrogen-bond acceptors (Lipinski definition) is 6. The number of likely N-dealkylation sites (tertiary alicyclic amines) is 1. The van der Waals surface area contributed by atoms with Gasteiger partial charge < -0.3 is 0 Å². The number of piperidine rings is 1. The summed E-state index contributed by atoms with van der Waals surface area (Å²) in [7, 11) is 0. The summed E-state index contributed by atoms with van der Waals surface area (Å²) in [6.07, 6.45) is 3.30. The quantitative estimate of drug-likeness (QED) is 0.839. The van der Waals surface area contributed by atoms with E-state index in [4.69, 9.17) is 0 Å². The fourth-order valence-electron chi connectivity index (χ4n) is 3.20. The number of thiazole rings is 1. The van der Waals surface area contributed by atoms with Crippen LogP contribution in [0, 0.1) is 5.92 Å². The number of anilines is 1. The Balaban J connectivity index is 1.62. The van der Waals surface area contributed by atoms with Crippen molar-refractivity contribution in [2.24, 2.45) is 5.92 Å². The van der Waals surface area contributed by atoms with Crippen molar-refractivity contribution in [3.05, 3.63) is 39.3 Å². The van der Waals surface area contributed by atoms with Crippen LogP contribution in [0.3, 0.4) is 0 Å². The standard InChI is InChI=1S/C18H25N5O2S/c1-3-8-23-16(24)7-6-15(21-23)17(25)20-18-19-14(12-26-18)11-22-9-4-5-13(2)10-22/h6-7,12-13H,3-5,8-11H2,1-2H3,(H,19,20,25). The van der Waals surface area contributed by atoms with Gasteiger partial charge >= 0.3 is 0 Å². The van der Waals surface area contributed by atoms with Crippen molar-refractivity contribution in [3.8, 4) is 0 Å². The lowest BCUT2D eigenvalue weighted by Crippen LogP contribution is -2.33. The minimum absolute atomic E-state index is 0.198. The van der Waals surface area contributed by atoms with Crippen LogP contribution in [0.4, 0.5) is 5.13 Å². The molecule has 0 spiro atoms. The highest BCUT2D eigenvalue weighted by molar-refractivity contribution is 7.13. The van der Waals surface area contributed by atoms with Gasteiger partial charge in [0, 0.05) is 31.1 Å². The molecule has 0 aliphatic carbocycles. The van der Waals surface area contributed by atoms with Gasteiger partial charge in [-0.2, -0.15) is 5.10 Å². The Morgan fingerprint density at radius 2 is 2.27 bits per heavy atom. The first kappa shape index (κ1) is 18.7. The lowest BCUT2D eigenvalue weighted by atomic mass is 10.0. The Morgan fingerprint density at radius 1 is 1.42 bits per heavy atom. The molecule has 3 heterocycles. The SMILES string of the molecule is CCCn1nc(C(=O)Nc2nc(CN3CCCC(C)C3)cs2)ccc1=O. The average Bonchev–Trinajstić information content (AvgIpc) is 3.04. The maximum absolute atomic E-state index is 12.4. The number of nitrogens with one attached hydrogen (secondary N) is 1. The molecule has 0 saturated carbocycles. The monoisotopic (exact) mass is 375 g/mol. The predicted octanol–water partition coefficient (Wildman–Crippen LogP) is 2.59. The van der Waals surface area contributed by atoms with E-state index in [9.17, 15) is 9.59 Å². The van der Waals surface area contributed by atoms with E-state index in [0.29, 0.717) is 11.7 Å². The molecule has 1 atom stereocenters. The van der Waals surface area contributed by atoms with Crippen LogP contribution in [0.15, 0.2) is 22.3 Å². The van der Waals surface area contributed by atoms with Gasteiger partial charge in [0.2, 0.25) is 0 Å². The van der Waals surface area contributed by atoms with E-state index in [1.165, 1.54) is 41.0 Å². The molecule has 1 N–H and O–H groups in total. The highest BCUT2D eigenvalue weighted by Crippen LogP contribution is 2.21. The van der Waals surface area contributed by atoms with Crippen LogP contribution in [0.25, 0.3) is 0 Å². The van der Waals surface area contributed by atoms with Crippen LogP contribution in [-0.4, -0.2) is 38.7 Å². The molecule has 0 bridgehead atoms. The second-order valence-corrected chi connectivity index (χ2v) is 7.72. The van der Waals surface area contributed by atoms with Gasteiger partial charge in [0.25, 0.3) is 11.5 Å². The van der Waals surface area contributed by atoms with E-state index in [0.717, 1.165) is 37.7 Å². The summed E-state index contributed by atoms with van der Waals surface area (Å²) < 4.78 is 1.32. The zero-order chi connectivity index (χ0) is 18.5. The van der Waals surface area contributed by atoms with Gasteiger partial charge in [-0.3, -0.25) is 19.8 Å². The number of hydrogen-bond donors (Lipinski definition) is 1. The third-order valence-electron chi connectivity index (χ3n) is 4.43. The van der Waals surface area contributed by atoms with Crippen molar-refractivity contribution in [2.45, 2.75) is 46.2 Å². The summed E-state index contributed by atoms with van der Waals surface area (Å²) in [5, 5.41) is 9.46. The first-order chi connectivity index (χ1) is 12.5. The Bertz CT molecular complexity index is 816. The van der Waals surface area contributed by atoms with E-state index in [1.807, 2.05) is 12.3 Å². The Morgan fingerprint density at radius 3 is 3.04 bits per heavy atom. The number of amides is 1. The molecule has 2 aromatic heterocycles. The maximum Gasteiger partial charge on any atom is 0.277 e. The zero-order valence-electron chi connectivity index (χ0n) is 15.3. The topological polar surface area (TPSA) is 80.1 Å². The highest BCUT2D eigenvalue weighted by Gasteiger charge is 2.18.